The minimum Gasteiger partial charge on any atom is -0.497 e. The smallest absolute Gasteiger partial charge is 0.177 e. The van der Waals surface area contributed by atoms with Crippen molar-refractivity contribution in [3.8, 4) is 5.75 Å². The third kappa shape index (κ3) is 3.46. The molecule has 0 aliphatic carbocycles. The van der Waals surface area contributed by atoms with Crippen LogP contribution in [0.25, 0.3) is 0 Å². The molecule has 0 radical (unpaired) electrons. The van der Waals surface area contributed by atoms with Gasteiger partial charge >= 0.3 is 0 Å². The predicted molar refractivity (Wildman–Crippen MR) is 85.5 cm³/mol. The van der Waals surface area contributed by atoms with E-state index >= 15 is 0 Å². The first-order chi connectivity index (χ1) is 9.01. The Morgan fingerprint density at radius 3 is 2.63 bits per heavy atom. The first-order valence-electron chi connectivity index (χ1n) is 5.63. The Balaban J connectivity index is 2.23. The average molecular weight is 404 g/mol. The number of thiophene rings is 1. The minimum atomic E-state index is 0.118. The molecule has 2 nitrogen and oxygen atoms in total. The molecule has 2 rings (SSSR count). The molecule has 0 unspecified atom stereocenters. The second-order valence-electron chi connectivity index (χ2n) is 4.12. The van der Waals surface area contributed by atoms with Crippen LogP contribution in [0, 0.1) is 6.92 Å². The van der Waals surface area contributed by atoms with E-state index in [1.54, 1.807) is 7.11 Å². The standard InChI is InChI=1S/C14H12Br2O2S/c1-8-5-13(19-14(8)16)12(17)7-9-6-10(18-2)3-4-11(9)15/h3-6H,7H2,1-2H3. The molecular weight excluding hydrogens is 392 g/mol. The monoisotopic (exact) mass is 402 g/mol. The molecule has 2 aromatic rings. The molecule has 0 spiro atoms. The van der Waals surface area contributed by atoms with Crippen LogP contribution >= 0.6 is 43.2 Å². The number of aryl methyl sites for hydroxylation is 1. The Bertz CT molecular complexity index is 600. The Morgan fingerprint density at radius 2 is 2.05 bits per heavy atom. The van der Waals surface area contributed by atoms with Gasteiger partial charge < -0.3 is 4.74 Å². The number of benzene rings is 1. The number of halogens is 2. The van der Waals surface area contributed by atoms with Crippen LogP contribution in [0.2, 0.25) is 0 Å². The zero-order valence-corrected chi connectivity index (χ0v) is 14.5. The average Bonchev–Trinajstić information content (AvgIpc) is 2.72. The molecule has 0 N–H and O–H groups in total. The van der Waals surface area contributed by atoms with Gasteiger partial charge in [-0.05, 0) is 58.2 Å². The fourth-order valence-corrected chi connectivity index (χ4v) is 3.53. The maximum Gasteiger partial charge on any atom is 0.177 e. The number of hydrogen-bond acceptors (Lipinski definition) is 3. The van der Waals surface area contributed by atoms with Gasteiger partial charge in [-0.3, -0.25) is 4.79 Å². The minimum absolute atomic E-state index is 0.118. The second kappa shape index (κ2) is 6.20. The van der Waals surface area contributed by atoms with E-state index in [9.17, 15) is 4.79 Å². The van der Waals surface area contributed by atoms with Crippen LogP contribution in [0.3, 0.4) is 0 Å². The molecule has 1 aromatic carbocycles. The highest BCUT2D eigenvalue weighted by Gasteiger charge is 2.14. The lowest BCUT2D eigenvalue weighted by Crippen LogP contribution is -2.02. The molecule has 0 aliphatic rings. The van der Waals surface area contributed by atoms with Gasteiger partial charge in [0.15, 0.2) is 5.78 Å². The summed E-state index contributed by atoms with van der Waals surface area (Å²) in [6.07, 6.45) is 0.365. The van der Waals surface area contributed by atoms with Crippen molar-refractivity contribution in [2.75, 3.05) is 7.11 Å². The highest BCUT2D eigenvalue weighted by Crippen LogP contribution is 2.29. The van der Waals surface area contributed by atoms with Gasteiger partial charge in [0.2, 0.25) is 0 Å². The molecule has 100 valence electrons. The predicted octanol–water partition coefficient (Wildman–Crippen LogP) is 5.02. The molecule has 0 atom stereocenters. The molecule has 0 bridgehead atoms. The Hall–Kier alpha value is -0.650. The lowest BCUT2D eigenvalue weighted by Gasteiger charge is -2.06. The van der Waals surface area contributed by atoms with Gasteiger partial charge in [-0.25, -0.2) is 0 Å². The van der Waals surface area contributed by atoms with Crippen LogP contribution in [-0.4, -0.2) is 12.9 Å². The third-order valence-corrected chi connectivity index (χ3v) is 5.69. The van der Waals surface area contributed by atoms with Crippen molar-refractivity contribution < 1.29 is 9.53 Å². The fraction of sp³-hybridized carbons (Fsp3) is 0.214. The summed E-state index contributed by atoms with van der Waals surface area (Å²) in [7, 11) is 1.62. The van der Waals surface area contributed by atoms with Crippen LogP contribution in [0.5, 0.6) is 5.75 Å². The lowest BCUT2D eigenvalue weighted by molar-refractivity contribution is 0.0996. The van der Waals surface area contributed by atoms with Crippen LogP contribution in [0.1, 0.15) is 20.8 Å². The highest BCUT2D eigenvalue weighted by molar-refractivity contribution is 9.11. The van der Waals surface area contributed by atoms with Crippen LogP contribution in [-0.2, 0) is 6.42 Å². The summed E-state index contributed by atoms with van der Waals surface area (Å²) in [5.74, 6) is 0.877. The molecule has 0 aliphatic heterocycles. The number of Topliss-reactive ketones (excluding diaryl/α,β-unsaturated/α-hetero) is 1. The van der Waals surface area contributed by atoms with Crippen LogP contribution in [0.4, 0.5) is 0 Å². The first-order valence-corrected chi connectivity index (χ1v) is 8.03. The first kappa shape index (κ1) is 14.8. The Morgan fingerprint density at radius 1 is 1.32 bits per heavy atom. The molecule has 0 fully saturated rings. The number of carbonyl (C=O) groups excluding carboxylic acids is 1. The van der Waals surface area contributed by atoms with Gasteiger partial charge in [0, 0.05) is 10.9 Å². The number of carbonyl (C=O) groups is 1. The fourth-order valence-electron chi connectivity index (χ4n) is 1.67. The third-order valence-electron chi connectivity index (χ3n) is 2.74. The van der Waals surface area contributed by atoms with Crippen LogP contribution in [0.15, 0.2) is 32.5 Å². The van der Waals surface area contributed by atoms with E-state index < -0.39 is 0 Å². The van der Waals surface area contributed by atoms with E-state index in [2.05, 4.69) is 31.9 Å². The van der Waals surface area contributed by atoms with E-state index in [4.69, 9.17) is 4.74 Å². The van der Waals surface area contributed by atoms with E-state index in [-0.39, 0.29) is 5.78 Å². The molecule has 0 amide bonds. The number of rotatable bonds is 4. The van der Waals surface area contributed by atoms with Crippen molar-refractivity contribution in [3.63, 3.8) is 0 Å². The highest BCUT2D eigenvalue weighted by atomic mass is 79.9. The molecule has 19 heavy (non-hydrogen) atoms. The molecule has 1 heterocycles. The zero-order valence-electron chi connectivity index (χ0n) is 10.5. The largest absolute Gasteiger partial charge is 0.497 e. The number of ether oxygens (including phenoxy) is 1. The molecule has 0 saturated heterocycles. The molecule has 1 aromatic heterocycles. The van der Waals surface area contributed by atoms with E-state index in [1.165, 1.54) is 11.3 Å². The summed E-state index contributed by atoms with van der Waals surface area (Å²) in [6.45, 7) is 1.98. The van der Waals surface area contributed by atoms with Crippen molar-refractivity contribution >= 4 is 49.0 Å². The second-order valence-corrected chi connectivity index (χ2v) is 7.35. The van der Waals surface area contributed by atoms with Crippen molar-refractivity contribution in [2.24, 2.45) is 0 Å². The van der Waals surface area contributed by atoms with E-state index in [1.807, 2.05) is 31.2 Å². The van der Waals surface area contributed by atoms with E-state index in [0.717, 1.165) is 30.0 Å². The lowest BCUT2D eigenvalue weighted by atomic mass is 10.1. The van der Waals surface area contributed by atoms with Crippen molar-refractivity contribution in [1.29, 1.82) is 0 Å². The normalized spacial score (nSPS) is 10.5. The van der Waals surface area contributed by atoms with Gasteiger partial charge in [0.1, 0.15) is 5.75 Å². The van der Waals surface area contributed by atoms with Gasteiger partial charge in [0.05, 0.1) is 15.8 Å². The summed E-state index contributed by atoms with van der Waals surface area (Å²) in [6, 6.07) is 7.57. The molecule has 5 heteroatoms. The maximum atomic E-state index is 12.3. The summed E-state index contributed by atoms with van der Waals surface area (Å²) in [5, 5.41) is 0. The summed E-state index contributed by atoms with van der Waals surface area (Å²) in [5.41, 5.74) is 2.03. The Labute approximate surface area is 133 Å². The van der Waals surface area contributed by atoms with Gasteiger partial charge in [-0.1, -0.05) is 15.9 Å². The number of ketones is 1. The number of hydrogen-bond donors (Lipinski definition) is 0. The Kier molecular flexibility index (Phi) is 4.81. The maximum absolute atomic E-state index is 12.3. The molecular formula is C14H12Br2O2S. The van der Waals surface area contributed by atoms with Gasteiger partial charge in [-0.15, -0.1) is 11.3 Å². The van der Waals surface area contributed by atoms with Crippen LogP contribution < -0.4 is 4.74 Å². The van der Waals surface area contributed by atoms with Crippen molar-refractivity contribution in [3.05, 3.63) is 48.5 Å². The van der Waals surface area contributed by atoms with E-state index in [0.29, 0.717) is 6.42 Å². The molecule has 0 saturated carbocycles. The van der Waals surface area contributed by atoms with Gasteiger partial charge in [-0.2, -0.15) is 0 Å². The van der Waals surface area contributed by atoms with Crippen molar-refractivity contribution in [2.45, 2.75) is 13.3 Å². The zero-order chi connectivity index (χ0) is 14.0. The quantitative estimate of drug-likeness (QED) is 0.670. The number of methoxy groups -OCH3 is 1. The summed E-state index contributed by atoms with van der Waals surface area (Å²) in [4.78, 5) is 13.0. The SMILES string of the molecule is COc1ccc(Br)c(CC(=O)c2cc(C)c(Br)s2)c1. The van der Waals surface area contributed by atoms with Crippen molar-refractivity contribution in [1.82, 2.24) is 0 Å². The topological polar surface area (TPSA) is 26.3 Å². The summed E-state index contributed by atoms with van der Waals surface area (Å²) >= 11 is 8.39. The van der Waals surface area contributed by atoms with Gasteiger partial charge in [0.25, 0.3) is 0 Å². The summed E-state index contributed by atoms with van der Waals surface area (Å²) < 4.78 is 7.12.